The molecule has 0 aliphatic heterocycles. The van der Waals surface area contributed by atoms with Crippen molar-refractivity contribution < 1.29 is 14.7 Å². The summed E-state index contributed by atoms with van der Waals surface area (Å²) in [5.74, 6) is 0. The minimum absolute atomic E-state index is 0.0492. The van der Waals surface area contributed by atoms with Crippen LogP contribution in [-0.4, -0.2) is 22.0 Å². The molecule has 0 unspecified atom stereocenters. The zero-order chi connectivity index (χ0) is 11.4. The molecule has 0 radical (unpaired) electrons. The third kappa shape index (κ3) is 2.96. The lowest BCUT2D eigenvalue weighted by molar-refractivity contribution is -0.387. The van der Waals surface area contributed by atoms with E-state index in [0.717, 1.165) is 0 Å². The van der Waals surface area contributed by atoms with Crippen LogP contribution >= 0.6 is 23.2 Å². The molecule has 0 aliphatic carbocycles. The Morgan fingerprint density at radius 2 is 2.13 bits per heavy atom. The summed E-state index contributed by atoms with van der Waals surface area (Å²) >= 11 is 11.0. The molecule has 0 amide bonds. The second kappa shape index (κ2) is 5.17. The van der Waals surface area contributed by atoms with Crippen LogP contribution in [0.5, 0.6) is 0 Å². The first-order chi connectivity index (χ1) is 7.06. The zero-order valence-corrected chi connectivity index (χ0v) is 8.95. The van der Waals surface area contributed by atoms with E-state index in [1.165, 1.54) is 7.11 Å². The van der Waals surface area contributed by atoms with Gasteiger partial charge in [0.15, 0.2) is 5.69 Å². The highest BCUT2D eigenvalue weighted by atomic mass is 35.5. The fourth-order valence-corrected chi connectivity index (χ4v) is 1.33. The Morgan fingerprint density at radius 3 is 2.67 bits per heavy atom. The summed E-state index contributed by atoms with van der Waals surface area (Å²) in [4.78, 5) is 25.8. The molecule has 1 aromatic rings. The molecule has 1 heterocycles. The molecule has 0 bridgehead atoms. The number of hydrogen-bond donors (Lipinski definition) is 0. The van der Waals surface area contributed by atoms with E-state index >= 15 is 0 Å². The maximum absolute atomic E-state index is 10.6. The summed E-state index contributed by atoms with van der Waals surface area (Å²) in [5, 5.41) is 10.1. The molecule has 0 atom stereocenters. The molecule has 7 nitrogen and oxygen atoms in total. The highest BCUT2D eigenvalue weighted by Gasteiger charge is 2.23. The summed E-state index contributed by atoms with van der Waals surface area (Å²) < 4.78 is 0. The minimum atomic E-state index is -0.715. The van der Waals surface area contributed by atoms with Gasteiger partial charge in [0.2, 0.25) is 10.4 Å². The highest BCUT2D eigenvalue weighted by molar-refractivity contribution is 6.33. The number of nitrogens with zero attached hydrogens (tertiary/aromatic N) is 3. The first kappa shape index (κ1) is 12.1. The number of halogens is 2. The van der Waals surface area contributed by atoms with Crippen LogP contribution in [0, 0.1) is 10.1 Å². The normalized spacial score (nSPS) is 10.3. The standard InChI is InChI=1S/C6H5Cl2N3O4/c1-14-15-2-3-4(11(12)13)5(7)10-6(8)9-3/h2H2,1H3. The summed E-state index contributed by atoms with van der Waals surface area (Å²) in [5.41, 5.74) is -0.495. The Bertz CT molecular complexity index is 387. The molecule has 0 spiro atoms. The average molecular weight is 254 g/mol. The van der Waals surface area contributed by atoms with Gasteiger partial charge in [0, 0.05) is 0 Å². The predicted octanol–water partition coefficient (Wildman–Crippen LogP) is 1.77. The first-order valence-corrected chi connectivity index (χ1v) is 4.33. The lowest BCUT2D eigenvalue weighted by Gasteiger charge is -2.02. The van der Waals surface area contributed by atoms with E-state index in [-0.39, 0.29) is 22.7 Å². The molecule has 1 rings (SSSR count). The quantitative estimate of drug-likeness (QED) is 0.267. The van der Waals surface area contributed by atoms with Gasteiger partial charge in [-0.15, -0.1) is 0 Å². The molecule has 0 saturated heterocycles. The van der Waals surface area contributed by atoms with Crippen LogP contribution in [0.1, 0.15) is 5.69 Å². The van der Waals surface area contributed by atoms with E-state index in [1.807, 2.05) is 0 Å². The van der Waals surface area contributed by atoms with Gasteiger partial charge < -0.3 is 0 Å². The Hall–Kier alpha value is -1.02. The maximum atomic E-state index is 10.6. The molecular formula is C6H5Cl2N3O4. The lowest BCUT2D eigenvalue weighted by Crippen LogP contribution is -2.04. The van der Waals surface area contributed by atoms with E-state index in [9.17, 15) is 10.1 Å². The van der Waals surface area contributed by atoms with E-state index in [0.29, 0.717) is 0 Å². The molecule has 15 heavy (non-hydrogen) atoms. The van der Waals surface area contributed by atoms with Crippen molar-refractivity contribution in [3.05, 3.63) is 26.2 Å². The molecule has 0 N–H and O–H groups in total. The van der Waals surface area contributed by atoms with Gasteiger partial charge in [-0.3, -0.25) is 10.1 Å². The zero-order valence-electron chi connectivity index (χ0n) is 7.44. The van der Waals surface area contributed by atoms with Gasteiger partial charge in [0.05, 0.1) is 12.0 Å². The molecule has 0 saturated carbocycles. The topological polar surface area (TPSA) is 87.4 Å². The highest BCUT2D eigenvalue weighted by Crippen LogP contribution is 2.27. The first-order valence-electron chi connectivity index (χ1n) is 3.58. The van der Waals surface area contributed by atoms with Gasteiger partial charge in [0.25, 0.3) is 0 Å². The van der Waals surface area contributed by atoms with Crippen LogP contribution in [0.25, 0.3) is 0 Å². The van der Waals surface area contributed by atoms with Gasteiger partial charge in [0.1, 0.15) is 6.61 Å². The third-order valence-corrected chi connectivity index (χ3v) is 1.82. The van der Waals surface area contributed by atoms with Gasteiger partial charge in [-0.2, -0.15) is 4.98 Å². The smallest absolute Gasteiger partial charge is 0.258 e. The van der Waals surface area contributed by atoms with E-state index in [1.54, 1.807) is 0 Å². The van der Waals surface area contributed by atoms with Gasteiger partial charge >= 0.3 is 5.69 Å². The average Bonchev–Trinajstić information content (AvgIpc) is 2.12. The second-order valence-electron chi connectivity index (χ2n) is 2.26. The van der Waals surface area contributed by atoms with Crippen molar-refractivity contribution in [2.45, 2.75) is 6.61 Å². The summed E-state index contributed by atoms with van der Waals surface area (Å²) in [7, 11) is 1.26. The van der Waals surface area contributed by atoms with E-state index in [4.69, 9.17) is 23.2 Å². The van der Waals surface area contributed by atoms with Gasteiger partial charge in [-0.25, -0.2) is 14.8 Å². The molecular weight excluding hydrogens is 249 g/mol. The molecule has 9 heteroatoms. The minimum Gasteiger partial charge on any atom is -0.258 e. The van der Waals surface area contributed by atoms with Crippen LogP contribution in [0.2, 0.25) is 10.4 Å². The van der Waals surface area contributed by atoms with Crippen molar-refractivity contribution in [3.8, 4) is 0 Å². The molecule has 0 aromatic carbocycles. The Morgan fingerprint density at radius 1 is 1.47 bits per heavy atom. The third-order valence-electron chi connectivity index (χ3n) is 1.38. The van der Waals surface area contributed by atoms with Crippen LogP contribution in [0.4, 0.5) is 5.69 Å². The summed E-state index contributed by atoms with van der Waals surface area (Å²) in [6.07, 6.45) is 0. The van der Waals surface area contributed by atoms with Crippen molar-refractivity contribution in [3.63, 3.8) is 0 Å². The summed E-state index contributed by atoms with van der Waals surface area (Å²) in [6.45, 7) is -0.241. The van der Waals surface area contributed by atoms with Crippen molar-refractivity contribution in [1.29, 1.82) is 0 Å². The van der Waals surface area contributed by atoms with Crippen molar-refractivity contribution in [2.24, 2.45) is 0 Å². The van der Waals surface area contributed by atoms with E-state index in [2.05, 4.69) is 19.7 Å². The SMILES string of the molecule is COOCc1nc(Cl)nc(Cl)c1[N+](=O)[O-]. The number of rotatable bonds is 4. The van der Waals surface area contributed by atoms with Crippen molar-refractivity contribution in [1.82, 2.24) is 9.97 Å². The van der Waals surface area contributed by atoms with Crippen molar-refractivity contribution >= 4 is 28.9 Å². The van der Waals surface area contributed by atoms with Crippen molar-refractivity contribution in [2.75, 3.05) is 7.11 Å². The Labute approximate surface area is 94.0 Å². The lowest BCUT2D eigenvalue weighted by atomic mass is 10.4. The van der Waals surface area contributed by atoms with Crippen LogP contribution in [0.3, 0.4) is 0 Å². The predicted molar refractivity (Wildman–Crippen MR) is 50.5 cm³/mol. The Balaban J connectivity index is 3.14. The second-order valence-corrected chi connectivity index (χ2v) is 2.96. The Kier molecular flexibility index (Phi) is 4.15. The number of aromatic nitrogens is 2. The number of nitro groups is 1. The maximum Gasteiger partial charge on any atom is 0.330 e. The monoisotopic (exact) mass is 253 g/mol. The van der Waals surface area contributed by atoms with E-state index < -0.39 is 10.6 Å². The van der Waals surface area contributed by atoms with Gasteiger partial charge in [-0.1, -0.05) is 11.6 Å². The van der Waals surface area contributed by atoms with Crippen LogP contribution in [-0.2, 0) is 16.4 Å². The van der Waals surface area contributed by atoms with Gasteiger partial charge in [-0.05, 0) is 11.6 Å². The molecule has 0 fully saturated rings. The fourth-order valence-electron chi connectivity index (χ4n) is 0.838. The van der Waals surface area contributed by atoms with Crippen LogP contribution < -0.4 is 0 Å². The van der Waals surface area contributed by atoms with Crippen LogP contribution in [0.15, 0.2) is 0 Å². The number of hydrogen-bond acceptors (Lipinski definition) is 6. The molecule has 82 valence electrons. The fraction of sp³-hybridized carbons (Fsp3) is 0.333. The molecule has 1 aromatic heterocycles. The summed E-state index contributed by atoms with van der Waals surface area (Å²) in [6, 6.07) is 0. The molecule has 0 aliphatic rings. The largest absolute Gasteiger partial charge is 0.330 e.